The maximum absolute atomic E-state index is 11.9. The number of urea groups is 1. The Morgan fingerprint density at radius 3 is 2.55 bits per heavy atom. The number of carboxylic acids is 1. The van der Waals surface area contributed by atoms with Gasteiger partial charge in [0, 0.05) is 11.7 Å². The van der Waals surface area contributed by atoms with Crippen LogP contribution >= 0.6 is 0 Å². The van der Waals surface area contributed by atoms with E-state index in [0.717, 1.165) is 31.2 Å². The molecule has 3 N–H and O–H groups in total. The molecule has 1 saturated carbocycles. The van der Waals surface area contributed by atoms with Crippen LogP contribution in [0.25, 0.3) is 0 Å². The van der Waals surface area contributed by atoms with E-state index in [1.807, 2.05) is 6.92 Å². The van der Waals surface area contributed by atoms with Gasteiger partial charge in [0.1, 0.15) is 0 Å². The van der Waals surface area contributed by atoms with Gasteiger partial charge in [0.2, 0.25) is 0 Å². The van der Waals surface area contributed by atoms with Gasteiger partial charge in [-0.15, -0.1) is 0 Å². The molecule has 1 aliphatic rings. The van der Waals surface area contributed by atoms with E-state index in [1.54, 1.807) is 6.07 Å². The molecule has 0 aromatic heterocycles. The number of benzene rings is 1. The molecule has 1 aliphatic carbocycles. The molecule has 1 aromatic carbocycles. The summed E-state index contributed by atoms with van der Waals surface area (Å²) in [4.78, 5) is 22.9. The minimum atomic E-state index is -0.999. The number of aromatic carboxylic acids is 1. The zero-order valence-electron chi connectivity index (χ0n) is 11.6. The van der Waals surface area contributed by atoms with Crippen molar-refractivity contribution in [2.75, 3.05) is 5.32 Å². The van der Waals surface area contributed by atoms with Gasteiger partial charge in [-0.3, -0.25) is 0 Å². The summed E-state index contributed by atoms with van der Waals surface area (Å²) in [6.07, 6.45) is 5.57. The third-order valence-corrected chi connectivity index (χ3v) is 3.67. The van der Waals surface area contributed by atoms with Crippen LogP contribution in [0.15, 0.2) is 18.2 Å². The molecule has 5 nitrogen and oxygen atoms in total. The molecular weight excluding hydrogens is 256 g/mol. The van der Waals surface area contributed by atoms with Crippen molar-refractivity contribution >= 4 is 17.7 Å². The minimum absolute atomic E-state index is 0.170. The van der Waals surface area contributed by atoms with E-state index in [-0.39, 0.29) is 17.6 Å². The number of carbonyl (C=O) groups is 2. The standard InChI is InChI=1S/C15H20N2O3/c1-10-7-8-11(14(18)19)9-13(10)17-15(20)16-12-5-3-2-4-6-12/h7-9,12H,2-6H2,1H3,(H,18,19)(H2,16,17,20). The molecule has 1 aromatic rings. The van der Waals surface area contributed by atoms with E-state index >= 15 is 0 Å². The fourth-order valence-corrected chi connectivity index (χ4v) is 2.48. The van der Waals surface area contributed by atoms with Crippen LogP contribution in [0.1, 0.15) is 48.0 Å². The van der Waals surface area contributed by atoms with Crippen LogP contribution in [0.2, 0.25) is 0 Å². The fourth-order valence-electron chi connectivity index (χ4n) is 2.48. The number of hydrogen-bond donors (Lipinski definition) is 3. The Balaban J connectivity index is 1.99. The molecule has 5 heteroatoms. The van der Waals surface area contributed by atoms with Gasteiger partial charge < -0.3 is 15.7 Å². The molecule has 108 valence electrons. The molecule has 0 unspecified atom stereocenters. The molecule has 20 heavy (non-hydrogen) atoms. The third kappa shape index (κ3) is 3.73. The van der Waals surface area contributed by atoms with E-state index in [1.165, 1.54) is 18.6 Å². The molecule has 0 heterocycles. The molecule has 2 rings (SSSR count). The average molecular weight is 276 g/mol. The molecule has 1 fully saturated rings. The zero-order chi connectivity index (χ0) is 14.5. The Kier molecular flexibility index (Phi) is 4.61. The summed E-state index contributed by atoms with van der Waals surface area (Å²) in [6.45, 7) is 1.84. The van der Waals surface area contributed by atoms with Crippen molar-refractivity contribution in [3.63, 3.8) is 0 Å². The lowest BCUT2D eigenvalue weighted by Crippen LogP contribution is -2.39. The molecule has 0 spiro atoms. The maximum Gasteiger partial charge on any atom is 0.335 e. The van der Waals surface area contributed by atoms with Crippen molar-refractivity contribution in [2.45, 2.75) is 45.1 Å². The fraction of sp³-hybridized carbons (Fsp3) is 0.467. The van der Waals surface area contributed by atoms with Crippen molar-refractivity contribution < 1.29 is 14.7 Å². The topological polar surface area (TPSA) is 78.4 Å². The largest absolute Gasteiger partial charge is 0.478 e. The number of anilines is 1. The summed E-state index contributed by atoms with van der Waals surface area (Å²) in [5.74, 6) is -0.999. The lowest BCUT2D eigenvalue weighted by atomic mass is 9.96. The maximum atomic E-state index is 11.9. The van der Waals surface area contributed by atoms with E-state index < -0.39 is 5.97 Å². The summed E-state index contributed by atoms with van der Waals surface area (Å²) in [5, 5.41) is 14.7. The summed E-state index contributed by atoms with van der Waals surface area (Å²) < 4.78 is 0. The Morgan fingerprint density at radius 1 is 1.20 bits per heavy atom. The molecule has 0 bridgehead atoms. The second-order valence-corrected chi connectivity index (χ2v) is 5.27. The highest BCUT2D eigenvalue weighted by Crippen LogP contribution is 2.19. The average Bonchev–Trinajstić information content (AvgIpc) is 2.42. The van der Waals surface area contributed by atoms with Gasteiger partial charge in [0.15, 0.2) is 0 Å². The highest BCUT2D eigenvalue weighted by Gasteiger charge is 2.16. The Bertz CT molecular complexity index is 508. The number of rotatable bonds is 3. The van der Waals surface area contributed by atoms with Gasteiger partial charge >= 0.3 is 12.0 Å². The SMILES string of the molecule is Cc1ccc(C(=O)O)cc1NC(=O)NC1CCCCC1. The highest BCUT2D eigenvalue weighted by molar-refractivity contribution is 5.94. The van der Waals surface area contributed by atoms with Crippen LogP contribution in [0, 0.1) is 6.92 Å². The minimum Gasteiger partial charge on any atom is -0.478 e. The van der Waals surface area contributed by atoms with E-state index in [2.05, 4.69) is 10.6 Å². The monoisotopic (exact) mass is 276 g/mol. The van der Waals surface area contributed by atoms with Crippen molar-refractivity contribution in [3.8, 4) is 0 Å². The van der Waals surface area contributed by atoms with E-state index in [9.17, 15) is 9.59 Å². The van der Waals surface area contributed by atoms with Crippen LogP contribution in [0.4, 0.5) is 10.5 Å². The Hall–Kier alpha value is -2.04. The smallest absolute Gasteiger partial charge is 0.335 e. The number of hydrogen-bond acceptors (Lipinski definition) is 2. The van der Waals surface area contributed by atoms with E-state index in [4.69, 9.17) is 5.11 Å². The predicted molar refractivity (Wildman–Crippen MR) is 77.2 cm³/mol. The van der Waals surface area contributed by atoms with Crippen LogP contribution in [-0.4, -0.2) is 23.1 Å². The van der Waals surface area contributed by atoms with Crippen LogP contribution in [0.5, 0.6) is 0 Å². The Labute approximate surface area is 118 Å². The number of carboxylic acid groups (broad SMARTS) is 1. The predicted octanol–water partition coefficient (Wildman–Crippen LogP) is 3.15. The first kappa shape index (κ1) is 14.4. The van der Waals surface area contributed by atoms with Crippen LogP contribution in [0.3, 0.4) is 0 Å². The lowest BCUT2D eigenvalue weighted by molar-refractivity contribution is 0.0697. The quantitative estimate of drug-likeness (QED) is 0.793. The van der Waals surface area contributed by atoms with E-state index in [0.29, 0.717) is 5.69 Å². The first-order valence-electron chi connectivity index (χ1n) is 6.98. The van der Waals surface area contributed by atoms with Gasteiger partial charge in [-0.25, -0.2) is 9.59 Å². The summed E-state index contributed by atoms with van der Waals surface area (Å²) >= 11 is 0. The van der Waals surface area contributed by atoms with Crippen LogP contribution in [-0.2, 0) is 0 Å². The number of amides is 2. The molecular formula is C15H20N2O3. The molecule has 0 radical (unpaired) electrons. The van der Waals surface area contributed by atoms with Gasteiger partial charge in [-0.2, -0.15) is 0 Å². The third-order valence-electron chi connectivity index (χ3n) is 3.67. The normalized spacial score (nSPS) is 15.7. The molecule has 0 aliphatic heterocycles. The highest BCUT2D eigenvalue weighted by atomic mass is 16.4. The Morgan fingerprint density at radius 2 is 1.90 bits per heavy atom. The van der Waals surface area contributed by atoms with Crippen LogP contribution < -0.4 is 10.6 Å². The van der Waals surface area contributed by atoms with Crippen molar-refractivity contribution in [1.82, 2.24) is 5.32 Å². The van der Waals surface area contributed by atoms with Gasteiger partial charge in [0.05, 0.1) is 5.56 Å². The molecule has 0 atom stereocenters. The lowest BCUT2D eigenvalue weighted by Gasteiger charge is -2.23. The number of nitrogens with one attached hydrogen (secondary N) is 2. The zero-order valence-corrected chi connectivity index (χ0v) is 11.6. The first-order chi connectivity index (χ1) is 9.56. The summed E-state index contributed by atoms with van der Waals surface area (Å²) in [6, 6.07) is 4.67. The second-order valence-electron chi connectivity index (χ2n) is 5.27. The van der Waals surface area contributed by atoms with Gasteiger partial charge in [-0.1, -0.05) is 25.3 Å². The van der Waals surface area contributed by atoms with Crippen molar-refractivity contribution in [1.29, 1.82) is 0 Å². The summed E-state index contributed by atoms with van der Waals surface area (Å²) in [7, 11) is 0. The van der Waals surface area contributed by atoms with Gasteiger partial charge in [0.25, 0.3) is 0 Å². The van der Waals surface area contributed by atoms with Crippen molar-refractivity contribution in [2.24, 2.45) is 0 Å². The first-order valence-corrected chi connectivity index (χ1v) is 6.98. The second kappa shape index (κ2) is 6.41. The summed E-state index contributed by atoms with van der Waals surface area (Å²) in [5.41, 5.74) is 1.55. The number of aryl methyl sites for hydroxylation is 1. The van der Waals surface area contributed by atoms with Gasteiger partial charge in [-0.05, 0) is 37.5 Å². The number of carbonyl (C=O) groups excluding carboxylic acids is 1. The molecule has 2 amide bonds. The van der Waals surface area contributed by atoms with Crippen molar-refractivity contribution in [3.05, 3.63) is 29.3 Å². The molecule has 0 saturated heterocycles.